The summed E-state index contributed by atoms with van der Waals surface area (Å²) >= 11 is 0. The van der Waals surface area contributed by atoms with Gasteiger partial charge in [0.25, 0.3) is 11.8 Å². The molecule has 0 saturated carbocycles. The maximum absolute atomic E-state index is 12.2. The summed E-state index contributed by atoms with van der Waals surface area (Å²) in [6, 6.07) is 12.5. The van der Waals surface area contributed by atoms with Gasteiger partial charge in [-0.1, -0.05) is 24.3 Å². The third kappa shape index (κ3) is 1.25. The van der Waals surface area contributed by atoms with Crippen LogP contribution in [0.2, 0.25) is 0 Å². The molecule has 0 saturated heterocycles. The van der Waals surface area contributed by atoms with Gasteiger partial charge in [0.15, 0.2) is 0 Å². The first-order chi connectivity index (χ1) is 8.74. The number of nitrogens with zero attached hydrogens (tertiary/aromatic N) is 2. The second kappa shape index (κ2) is 3.67. The van der Waals surface area contributed by atoms with Crippen LogP contribution in [0.5, 0.6) is 0 Å². The number of nitriles is 1. The Hall–Kier alpha value is -2.67. The lowest BCUT2D eigenvalue weighted by Gasteiger charge is -2.24. The van der Waals surface area contributed by atoms with E-state index in [1.165, 1.54) is 0 Å². The standard InChI is InChI=1S/C14H8N2O2/c15-7-8-16-13(17)10-5-1-3-9-4-2-6-11(12(9)10)14(16)18/h1-6H,8H2. The molecule has 0 atom stereocenters. The van der Waals surface area contributed by atoms with Gasteiger partial charge < -0.3 is 0 Å². The van der Waals surface area contributed by atoms with Crippen LogP contribution in [0.1, 0.15) is 20.7 Å². The molecule has 2 aromatic rings. The predicted molar refractivity (Wildman–Crippen MR) is 64.9 cm³/mol. The number of rotatable bonds is 1. The summed E-state index contributed by atoms with van der Waals surface area (Å²) in [4.78, 5) is 25.3. The van der Waals surface area contributed by atoms with E-state index in [0.29, 0.717) is 16.5 Å². The van der Waals surface area contributed by atoms with Crippen LogP contribution in [-0.4, -0.2) is 23.3 Å². The Labute approximate surface area is 103 Å². The molecule has 0 aliphatic carbocycles. The van der Waals surface area contributed by atoms with Crippen molar-refractivity contribution in [3.05, 3.63) is 47.5 Å². The average molecular weight is 236 g/mol. The third-order valence-electron chi connectivity index (χ3n) is 3.08. The number of amides is 2. The molecule has 0 aromatic heterocycles. The van der Waals surface area contributed by atoms with Crippen molar-refractivity contribution in [2.24, 2.45) is 0 Å². The maximum Gasteiger partial charge on any atom is 0.262 e. The van der Waals surface area contributed by atoms with Crippen molar-refractivity contribution in [3.8, 4) is 6.07 Å². The molecular weight excluding hydrogens is 228 g/mol. The van der Waals surface area contributed by atoms with Gasteiger partial charge in [0.1, 0.15) is 6.54 Å². The van der Waals surface area contributed by atoms with Crippen molar-refractivity contribution >= 4 is 22.6 Å². The Balaban J connectivity index is 2.36. The normalized spacial score (nSPS) is 13.8. The number of hydrogen-bond donors (Lipinski definition) is 0. The zero-order valence-electron chi connectivity index (χ0n) is 9.38. The number of benzene rings is 2. The van der Waals surface area contributed by atoms with Crippen LogP contribution in [0.3, 0.4) is 0 Å². The highest BCUT2D eigenvalue weighted by atomic mass is 16.2. The third-order valence-corrected chi connectivity index (χ3v) is 3.08. The minimum atomic E-state index is -0.397. The van der Waals surface area contributed by atoms with Crippen molar-refractivity contribution in [2.45, 2.75) is 0 Å². The molecule has 3 rings (SSSR count). The fourth-order valence-corrected chi connectivity index (χ4v) is 2.29. The molecule has 0 radical (unpaired) electrons. The molecule has 2 amide bonds. The quantitative estimate of drug-likeness (QED) is 0.561. The molecule has 1 aliphatic heterocycles. The topological polar surface area (TPSA) is 61.2 Å². The van der Waals surface area contributed by atoms with Crippen LogP contribution in [0.25, 0.3) is 10.8 Å². The van der Waals surface area contributed by atoms with E-state index in [9.17, 15) is 9.59 Å². The van der Waals surface area contributed by atoms with Gasteiger partial charge in [-0.3, -0.25) is 14.5 Å². The molecule has 4 heteroatoms. The van der Waals surface area contributed by atoms with Crippen molar-refractivity contribution in [1.29, 1.82) is 5.26 Å². The average Bonchev–Trinajstić information content (AvgIpc) is 2.40. The summed E-state index contributed by atoms with van der Waals surface area (Å²) in [6.45, 7) is -0.220. The van der Waals surface area contributed by atoms with Crippen LogP contribution in [0.4, 0.5) is 0 Å². The molecule has 0 fully saturated rings. The summed E-state index contributed by atoms with van der Waals surface area (Å²) in [6.07, 6.45) is 0. The predicted octanol–water partition coefficient (Wildman–Crippen LogP) is 1.96. The second-order valence-electron chi connectivity index (χ2n) is 4.06. The molecule has 86 valence electrons. The first kappa shape index (κ1) is 10.5. The van der Waals surface area contributed by atoms with Gasteiger partial charge >= 0.3 is 0 Å². The smallest absolute Gasteiger partial charge is 0.262 e. The Kier molecular flexibility index (Phi) is 2.14. The lowest BCUT2D eigenvalue weighted by molar-refractivity contribution is 0.0631. The second-order valence-corrected chi connectivity index (χ2v) is 4.06. The summed E-state index contributed by atoms with van der Waals surface area (Å²) in [5, 5.41) is 10.2. The number of imide groups is 1. The van der Waals surface area contributed by atoms with Crippen LogP contribution >= 0.6 is 0 Å². The van der Waals surface area contributed by atoms with Crippen LogP contribution in [-0.2, 0) is 0 Å². The van der Waals surface area contributed by atoms with E-state index in [2.05, 4.69) is 0 Å². The summed E-state index contributed by atoms with van der Waals surface area (Å²) in [5.74, 6) is -0.795. The summed E-state index contributed by atoms with van der Waals surface area (Å²) in [7, 11) is 0. The Morgan fingerprint density at radius 1 is 1.00 bits per heavy atom. The molecule has 0 N–H and O–H groups in total. The minimum absolute atomic E-state index is 0.220. The first-order valence-corrected chi connectivity index (χ1v) is 5.49. The SMILES string of the molecule is N#CCN1C(=O)c2cccc3cccc(c23)C1=O. The van der Waals surface area contributed by atoms with Gasteiger partial charge in [-0.15, -0.1) is 0 Å². The molecule has 18 heavy (non-hydrogen) atoms. The van der Waals surface area contributed by atoms with Crippen molar-refractivity contribution in [1.82, 2.24) is 4.90 Å². The monoisotopic (exact) mass is 236 g/mol. The lowest BCUT2D eigenvalue weighted by atomic mass is 9.94. The fourth-order valence-electron chi connectivity index (χ4n) is 2.29. The van der Waals surface area contributed by atoms with E-state index in [1.807, 2.05) is 18.2 Å². The minimum Gasteiger partial charge on any atom is -0.269 e. The maximum atomic E-state index is 12.2. The number of carbonyl (C=O) groups excluding carboxylic acids is 2. The Morgan fingerprint density at radius 3 is 2.06 bits per heavy atom. The molecule has 2 aromatic carbocycles. The zero-order chi connectivity index (χ0) is 12.7. The van der Waals surface area contributed by atoms with Gasteiger partial charge in [-0.2, -0.15) is 5.26 Å². The van der Waals surface area contributed by atoms with Crippen molar-refractivity contribution in [2.75, 3.05) is 6.54 Å². The molecule has 1 aliphatic rings. The Morgan fingerprint density at radius 2 is 1.56 bits per heavy atom. The zero-order valence-corrected chi connectivity index (χ0v) is 9.38. The van der Waals surface area contributed by atoms with Crippen LogP contribution in [0, 0.1) is 11.3 Å². The van der Waals surface area contributed by atoms with E-state index < -0.39 is 11.8 Å². The van der Waals surface area contributed by atoms with Gasteiger partial charge in [0.2, 0.25) is 0 Å². The first-order valence-electron chi connectivity index (χ1n) is 5.49. The van der Waals surface area contributed by atoms with Gasteiger partial charge in [-0.25, -0.2) is 0 Å². The van der Waals surface area contributed by atoms with E-state index >= 15 is 0 Å². The summed E-state index contributed by atoms with van der Waals surface area (Å²) in [5.41, 5.74) is 0.968. The number of hydrogen-bond acceptors (Lipinski definition) is 3. The molecule has 0 spiro atoms. The fraction of sp³-hybridized carbons (Fsp3) is 0.0714. The molecule has 1 heterocycles. The van der Waals surface area contributed by atoms with Gasteiger partial charge in [0.05, 0.1) is 6.07 Å². The highest BCUT2D eigenvalue weighted by molar-refractivity contribution is 6.25. The van der Waals surface area contributed by atoms with E-state index in [1.54, 1.807) is 24.3 Å². The Bertz CT molecular complexity index is 677. The molecule has 0 unspecified atom stereocenters. The van der Waals surface area contributed by atoms with E-state index in [0.717, 1.165) is 10.3 Å². The highest BCUT2D eigenvalue weighted by Gasteiger charge is 2.32. The number of carbonyl (C=O) groups is 2. The van der Waals surface area contributed by atoms with Gasteiger partial charge in [-0.05, 0) is 17.5 Å². The largest absolute Gasteiger partial charge is 0.269 e. The van der Waals surface area contributed by atoms with Crippen LogP contribution < -0.4 is 0 Å². The van der Waals surface area contributed by atoms with E-state index in [4.69, 9.17) is 5.26 Å². The van der Waals surface area contributed by atoms with Gasteiger partial charge in [0, 0.05) is 16.5 Å². The lowest BCUT2D eigenvalue weighted by Crippen LogP contribution is -2.40. The molecular formula is C14H8N2O2. The van der Waals surface area contributed by atoms with Crippen molar-refractivity contribution < 1.29 is 9.59 Å². The molecule has 0 bridgehead atoms. The van der Waals surface area contributed by atoms with E-state index in [-0.39, 0.29) is 6.54 Å². The van der Waals surface area contributed by atoms with Crippen molar-refractivity contribution in [3.63, 3.8) is 0 Å². The van der Waals surface area contributed by atoms with Crippen LogP contribution in [0.15, 0.2) is 36.4 Å². The molecule has 4 nitrogen and oxygen atoms in total. The summed E-state index contributed by atoms with van der Waals surface area (Å²) < 4.78 is 0. The highest BCUT2D eigenvalue weighted by Crippen LogP contribution is 2.29.